The Kier molecular flexibility index (Phi) is 38.9. The smallest absolute Gasteiger partial charge is 0.793 e. The maximum atomic E-state index is 13.6. The van der Waals surface area contributed by atoms with Crippen molar-refractivity contribution in [2.24, 2.45) is 21.1 Å². The van der Waals surface area contributed by atoms with Crippen molar-refractivity contribution in [3.63, 3.8) is 0 Å². The molecule has 18 rings (SSSR count). The van der Waals surface area contributed by atoms with Crippen molar-refractivity contribution in [3.05, 3.63) is 199 Å². The van der Waals surface area contributed by atoms with Gasteiger partial charge < -0.3 is 32.2 Å². The number of hydrogen-bond acceptors (Lipinski definition) is 25. The van der Waals surface area contributed by atoms with Gasteiger partial charge in [0.2, 0.25) is 5.97 Å². The number of morpholine rings is 3. The van der Waals surface area contributed by atoms with Crippen molar-refractivity contribution >= 4 is 94.9 Å². The Balaban J connectivity index is 0.000000214. The van der Waals surface area contributed by atoms with Crippen LogP contribution in [-0.4, -0.2) is 214 Å². The molecule has 3 aliphatic heterocycles. The molecule has 12 aromatic rings. The van der Waals surface area contributed by atoms with E-state index in [0.717, 1.165) is 203 Å². The second-order valence-corrected chi connectivity index (χ2v) is 37.5. The van der Waals surface area contributed by atoms with Gasteiger partial charge in [-0.25, -0.2) is 71.5 Å². The summed E-state index contributed by atoms with van der Waals surface area (Å²) in [4.78, 5) is 68.5. The predicted molar refractivity (Wildman–Crippen MR) is 500 cm³/mol. The van der Waals surface area contributed by atoms with Crippen molar-refractivity contribution in [2.45, 2.75) is 193 Å². The van der Waals surface area contributed by atoms with Crippen LogP contribution < -0.4 is 34.9 Å². The van der Waals surface area contributed by atoms with E-state index in [9.17, 15) is 44.4 Å². The molecule has 3 radical (unpaired) electrons. The van der Waals surface area contributed by atoms with E-state index < -0.39 is 48.0 Å². The van der Waals surface area contributed by atoms with E-state index in [1.54, 1.807) is 118 Å². The quantitative estimate of drug-likeness (QED) is 0.0600. The Morgan fingerprint density at radius 1 is 0.408 bits per heavy atom. The predicted octanol–water partition coefficient (Wildman–Crippen LogP) is 11.7. The fraction of sp³-hybridized carbons (Fsp3) is 0.447. The molecule has 3 saturated heterocycles. The molecular weight excluding hydrogens is 1730 g/mol. The summed E-state index contributed by atoms with van der Waals surface area (Å²) in [6, 6.07) is 33.1. The molecule has 6 fully saturated rings. The van der Waals surface area contributed by atoms with Crippen LogP contribution in [0.4, 0.5) is 0 Å². The maximum Gasteiger partial charge on any atom is 1.00 e. The second-order valence-electron chi connectivity index (χ2n) is 32.0. The van der Waals surface area contributed by atoms with E-state index in [2.05, 4.69) is 70.0 Å². The fourth-order valence-electron chi connectivity index (χ4n) is 17.2. The number of carbonyl (C=O) groups is 4. The van der Waals surface area contributed by atoms with Crippen molar-refractivity contribution in [3.8, 4) is 33.4 Å². The average Bonchev–Trinajstić information content (AvgIpc) is 1.16. The molecule has 12 heterocycles. The summed E-state index contributed by atoms with van der Waals surface area (Å²) in [5.74, 6) is -0.341. The van der Waals surface area contributed by atoms with Crippen LogP contribution in [0.3, 0.4) is 0 Å². The number of benzene rings is 3. The van der Waals surface area contributed by atoms with Gasteiger partial charge in [-0.1, -0.05) is 84.3 Å². The Morgan fingerprint density at radius 2 is 0.685 bits per heavy atom. The van der Waals surface area contributed by atoms with Gasteiger partial charge >= 0.3 is 41.5 Å². The normalized spacial score (nSPS) is 17.9. The van der Waals surface area contributed by atoms with Crippen molar-refractivity contribution in [1.82, 2.24) is 71.3 Å². The molecule has 0 amide bonds. The molecule has 130 heavy (non-hydrogen) atoms. The standard InChI is InChI=1S/2C28H33N5O3S.C24H24N4O3S.C4H9NO.C4H6O4.C2H3BO2.4CH4.Na/c2*1-20-26(18-31(2)30-20)27-19-33(37(34,35)24-6-4-3-5-7-24)28-25(27)16-22(17-29-28)21-8-10-23(11-9-21)32-12-14-36-15-13-32;1-16-22(14-27(2)26-16)23-15-28(32(30,31)20-6-4-3-5-7-20)24-21(23)12-18(13-25-24)17-8-10-19(29)11-9-17;1-3-6-4-2-5-1;1-3(5)7-8-4(2)6;1-2(4)5-3;;;;;/h2*3-7,16-19,21,23H,8-15H2,1-2H3;3-7,12-15,17H,8-11H2,1-2H3;5H,1-4H2;1-2H3;1H3;4*1H4;/q;;;;;-1;;;;;+1. The van der Waals surface area contributed by atoms with Crippen LogP contribution in [0.1, 0.15) is 179 Å². The van der Waals surface area contributed by atoms with Crippen molar-refractivity contribution in [1.29, 1.82) is 0 Å². The fourth-order valence-corrected chi connectivity index (χ4v) is 21.2. The molecule has 6 aliphatic rings. The number of aromatic nitrogens is 12. The van der Waals surface area contributed by atoms with Crippen LogP contribution in [0.25, 0.3) is 66.5 Å². The molecule has 36 heteroatoms. The molecule has 0 atom stereocenters. The monoisotopic (exact) mass is 1850 g/mol. The zero-order valence-corrected chi connectivity index (χ0v) is 77.5. The van der Waals surface area contributed by atoms with Crippen LogP contribution in [0.5, 0.6) is 0 Å². The number of nitrogens with zero attached hydrogens (tertiary/aromatic N) is 14. The zero-order valence-electron chi connectivity index (χ0n) is 73.0. The summed E-state index contributed by atoms with van der Waals surface area (Å²) in [5.41, 5.74) is 12.4. The first-order valence-corrected chi connectivity index (χ1v) is 46.5. The van der Waals surface area contributed by atoms with E-state index in [1.807, 2.05) is 91.1 Å². The van der Waals surface area contributed by atoms with Crippen molar-refractivity contribution in [2.75, 3.05) is 78.9 Å². The van der Waals surface area contributed by atoms with Crippen LogP contribution in [0.2, 0.25) is 0 Å². The SMILES string of the molecule is C.C.C.C.C1COCCN1.CC(=O)OOC(C)=O.Cc1nn(C)cc1-c1cn(S(=O)(=O)c2ccccc2)c2ncc(C3CCC(=O)CC3)cc12.Cc1nn(C)cc1-c1cn(S(=O)(=O)c2ccccc2)c2ncc(C3CCC(N4CCOCC4)CC3)cc12.Cc1nn(C)cc1-c1cn(S(=O)(=O)c2ccccc2)c2ncc(C3CCC(N4CCOCC4)CC3)cc12.[B-]OC(C)=O.[Na+]. The molecule has 9 aromatic heterocycles. The van der Waals surface area contributed by atoms with E-state index >= 15 is 0 Å². The summed E-state index contributed by atoms with van der Waals surface area (Å²) in [7, 11) is -1.50. The first-order chi connectivity index (χ1) is 60.1. The van der Waals surface area contributed by atoms with Gasteiger partial charge in [-0.2, -0.15) is 15.3 Å². The van der Waals surface area contributed by atoms with Gasteiger partial charge in [0.05, 0.1) is 71.4 Å². The maximum absolute atomic E-state index is 13.6. The minimum Gasteiger partial charge on any atom is -0.793 e. The molecule has 0 spiro atoms. The first-order valence-electron chi connectivity index (χ1n) is 42.2. The van der Waals surface area contributed by atoms with Gasteiger partial charge in [0, 0.05) is 211 Å². The summed E-state index contributed by atoms with van der Waals surface area (Å²) in [6.07, 6.45) is 28.3. The van der Waals surface area contributed by atoms with Crippen LogP contribution in [0, 0.1) is 20.8 Å². The third-order valence-electron chi connectivity index (χ3n) is 23.5. The minimum absolute atomic E-state index is 0. The van der Waals surface area contributed by atoms with E-state index in [-0.39, 0.29) is 79.9 Å². The number of ketones is 1. The molecule has 0 unspecified atom stereocenters. The molecule has 693 valence electrons. The number of hydrogen-bond donors (Lipinski definition) is 1. The number of fused-ring (bicyclic) bond motifs is 3. The number of ether oxygens (including phenoxy) is 3. The number of rotatable bonds is 14. The van der Waals surface area contributed by atoms with Crippen molar-refractivity contribution < 1.29 is 103 Å². The second kappa shape index (κ2) is 48.0. The molecule has 3 aromatic carbocycles. The average molecular weight is 1850 g/mol. The molecule has 3 aliphatic carbocycles. The largest absolute Gasteiger partial charge is 1.00 e. The first kappa shape index (κ1) is 105. The zero-order chi connectivity index (χ0) is 88.7. The Labute approximate surface area is 788 Å². The number of aryl methyl sites for hydroxylation is 6. The summed E-state index contributed by atoms with van der Waals surface area (Å²) in [5, 5.41) is 19.1. The van der Waals surface area contributed by atoms with Gasteiger partial charge in [0.15, 0.2) is 16.9 Å². The molecule has 31 nitrogen and oxygen atoms in total. The Bertz CT molecular complexity index is 5850. The van der Waals surface area contributed by atoms with E-state index in [1.165, 1.54) is 55.7 Å². The Morgan fingerprint density at radius 3 is 0.923 bits per heavy atom. The number of nitrogens with one attached hydrogen (secondary N) is 1. The third kappa shape index (κ3) is 25.5. The summed E-state index contributed by atoms with van der Waals surface area (Å²) < 4.78 is 110. The van der Waals surface area contributed by atoms with E-state index in [0.29, 0.717) is 59.5 Å². The molecule has 3 saturated carbocycles. The third-order valence-corrected chi connectivity index (χ3v) is 28.5. The number of carbonyl (C=O) groups excluding carboxylic acids is 4. The Hall–Kier alpha value is -9.89. The number of Topliss-reactive ketones (excluding diaryl/α,β-unsaturated/α-hetero) is 1. The van der Waals surface area contributed by atoms with Crippen LogP contribution in [0.15, 0.2) is 180 Å². The van der Waals surface area contributed by atoms with Gasteiger partial charge in [0.1, 0.15) is 5.78 Å². The summed E-state index contributed by atoms with van der Waals surface area (Å²) >= 11 is 0. The molecule has 0 bridgehead atoms. The van der Waals surface area contributed by atoms with Gasteiger partial charge in [0.25, 0.3) is 30.1 Å². The van der Waals surface area contributed by atoms with Gasteiger partial charge in [-0.15, -0.1) is 0 Å². The van der Waals surface area contributed by atoms with E-state index in [4.69, 9.17) is 24.2 Å². The minimum atomic E-state index is -3.82. The topological polar surface area (TPSA) is 352 Å². The van der Waals surface area contributed by atoms with Gasteiger partial charge in [-0.3, -0.25) is 33.4 Å². The summed E-state index contributed by atoms with van der Waals surface area (Å²) in [6.45, 7) is 20.6. The number of pyridine rings is 3. The molecular formula is C94H124BN15NaO16S3. The van der Waals surface area contributed by atoms with Crippen LogP contribution >= 0.6 is 0 Å². The van der Waals surface area contributed by atoms with Crippen LogP contribution in [-0.2, 0) is 99.0 Å². The van der Waals surface area contributed by atoms with Gasteiger partial charge in [-0.05, 0) is 174 Å². The molecule has 1 N–H and O–H groups in total.